The molecule has 0 atom stereocenters. The maximum atomic E-state index is 8.90. The van der Waals surface area contributed by atoms with E-state index < -0.39 is 0 Å². The fraction of sp³-hybridized carbons (Fsp3) is 0.143. The van der Waals surface area contributed by atoms with Crippen molar-refractivity contribution in [3.8, 4) is 6.07 Å². The first-order valence-electron chi connectivity index (χ1n) is 6.09. The highest BCUT2D eigenvalue weighted by Crippen LogP contribution is 2.05. The van der Waals surface area contributed by atoms with Gasteiger partial charge < -0.3 is 10.6 Å². The molecule has 0 fully saturated rings. The molecule has 0 bridgehead atoms. The van der Waals surface area contributed by atoms with E-state index in [2.05, 4.69) is 32.7 Å². The minimum absolute atomic E-state index is 0.222. The van der Waals surface area contributed by atoms with Gasteiger partial charge in [-0.3, -0.25) is 0 Å². The number of nitriles is 1. The van der Waals surface area contributed by atoms with Crippen LogP contribution < -0.4 is 10.6 Å². The Morgan fingerprint density at radius 2 is 1.95 bits per heavy atom. The summed E-state index contributed by atoms with van der Waals surface area (Å²) < 4.78 is 0. The molecular weight excluding hydrogens is 270 g/mol. The monoisotopic (exact) mass is 283 g/mol. The Bertz CT molecular complexity index is 621. The normalized spacial score (nSPS) is 9.55. The number of hydrogen-bond acceptors (Lipinski definition) is 4. The van der Waals surface area contributed by atoms with Crippen molar-refractivity contribution >= 4 is 23.1 Å². The lowest BCUT2D eigenvalue weighted by molar-refractivity contribution is 0.872. The van der Waals surface area contributed by atoms with E-state index in [0.717, 1.165) is 6.42 Å². The Hall–Kier alpha value is -2.52. The highest BCUT2D eigenvalue weighted by molar-refractivity contribution is 7.80. The van der Waals surface area contributed by atoms with Gasteiger partial charge in [0.25, 0.3) is 0 Å². The predicted molar refractivity (Wildman–Crippen MR) is 81.1 cm³/mol. The Balaban J connectivity index is 1.83. The maximum Gasteiger partial charge on any atom is 0.183 e. The molecule has 20 heavy (non-hydrogen) atoms. The lowest BCUT2D eigenvalue weighted by Crippen LogP contribution is -2.30. The first-order chi connectivity index (χ1) is 9.79. The van der Waals surface area contributed by atoms with Gasteiger partial charge in [-0.05, 0) is 24.2 Å². The molecule has 0 saturated heterocycles. The average Bonchev–Trinajstić information content (AvgIpc) is 2.49. The summed E-state index contributed by atoms with van der Waals surface area (Å²) in [6.07, 6.45) is 3.85. The maximum absolute atomic E-state index is 8.90. The van der Waals surface area contributed by atoms with Crippen LogP contribution in [0.15, 0.2) is 42.7 Å². The second-order valence-corrected chi connectivity index (χ2v) is 4.39. The first-order valence-corrected chi connectivity index (χ1v) is 6.50. The van der Waals surface area contributed by atoms with Crippen molar-refractivity contribution in [3.63, 3.8) is 0 Å². The molecule has 6 heteroatoms. The van der Waals surface area contributed by atoms with Gasteiger partial charge in [-0.15, -0.1) is 0 Å². The molecule has 0 aliphatic rings. The molecule has 0 unspecified atom stereocenters. The number of nitrogens with one attached hydrogen (secondary N) is 2. The predicted octanol–water partition coefficient (Wildman–Crippen LogP) is 1.88. The van der Waals surface area contributed by atoms with E-state index in [4.69, 9.17) is 17.5 Å². The zero-order valence-electron chi connectivity index (χ0n) is 10.7. The van der Waals surface area contributed by atoms with E-state index in [1.165, 1.54) is 18.0 Å². The quantitative estimate of drug-likeness (QED) is 0.835. The zero-order valence-corrected chi connectivity index (χ0v) is 11.5. The molecule has 0 saturated carbocycles. The van der Waals surface area contributed by atoms with Crippen molar-refractivity contribution in [2.24, 2.45) is 0 Å². The summed E-state index contributed by atoms with van der Waals surface area (Å²) >= 11 is 5.16. The standard InChI is InChI=1S/C14H13N5S/c15-10-12-13(17-9-8-16-12)19-14(20)18-7-6-11-4-2-1-3-5-11/h1-5,8-9H,6-7H2,(H2,17,18,19,20). The Kier molecular flexibility index (Phi) is 4.98. The average molecular weight is 283 g/mol. The van der Waals surface area contributed by atoms with E-state index >= 15 is 0 Å². The van der Waals surface area contributed by atoms with Crippen LogP contribution in [0.3, 0.4) is 0 Å². The van der Waals surface area contributed by atoms with E-state index in [1.807, 2.05) is 24.3 Å². The van der Waals surface area contributed by atoms with Crippen LogP contribution in [0.1, 0.15) is 11.3 Å². The van der Waals surface area contributed by atoms with Crippen molar-refractivity contribution in [2.45, 2.75) is 6.42 Å². The summed E-state index contributed by atoms with van der Waals surface area (Å²) in [6, 6.07) is 12.1. The molecular formula is C14H13N5S. The van der Waals surface area contributed by atoms with Crippen LogP contribution in [0.5, 0.6) is 0 Å². The summed E-state index contributed by atoms with van der Waals surface area (Å²) in [7, 11) is 0. The van der Waals surface area contributed by atoms with Gasteiger partial charge in [-0.2, -0.15) is 5.26 Å². The molecule has 2 aromatic rings. The van der Waals surface area contributed by atoms with Gasteiger partial charge in [0.1, 0.15) is 6.07 Å². The fourth-order valence-corrected chi connectivity index (χ4v) is 1.83. The molecule has 0 aliphatic heterocycles. The number of hydrogen-bond donors (Lipinski definition) is 2. The highest BCUT2D eigenvalue weighted by Gasteiger charge is 2.05. The molecule has 0 aliphatic carbocycles. The number of rotatable bonds is 4. The van der Waals surface area contributed by atoms with Gasteiger partial charge in [-0.25, -0.2) is 9.97 Å². The van der Waals surface area contributed by atoms with Gasteiger partial charge >= 0.3 is 0 Å². The molecule has 0 spiro atoms. The third kappa shape index (κ3) is 4.00. The van der Waals surface area contributed by atoms with Gasteiger partial charge in [0.15, 0.2) is 16.6 Å². The molecule has 0 amide bonds. The van der Waals surface area contributed by atoms with Crippen molar-refractivity contribution in [1.29, 1.82) is 5.26 Å². The Labute approximate surface area is 122 Å². The molecule has 2 rings (SSSR count). The second kappa shape index (κ2) is 7.16. The van der Waals surface area contributed by atoms with E-state index in [0.29, 0.717) is 17.5 Å². The first kappa shape index (κ1) is 13.9. The van der Waals surface area contributed by atoms with Crippen LogP contribution in [-0.2, 0) is 6.42 Å². The smallest absolute Gasteiger partial charge is 0.183 e. The number of thiocarbonyl (C=S) groups is 1. The minimum atomic E-state index is 0.222. The molecule has 1 heterocycles. The largest absolute Gasteiger partial charge is 0.362 e. The molecule has 100 valence electrons. The lowest BCUT2D eigenvalue weighted by Gasteiger charge is -2.10. The van der Waals surface area contributed by atoms with Gasteiger partial charge in [0.05, 0.1) is 0 Å². The van der Waals surface area contributed by atoms with E-state index in [9.17, 15) is 0 Å². The van der Waals surface area contributed by atoms with Gasteiger partial charge in [0.2, 0.25) is 0 Å². The van der Waals surface area contributed by atoms with Crippen molar-refractivity contribution in [2.75, 3.05) is 11.9 Å². The third-order valence-electron chi connectivity index (χ3n) is 2.58. The molecule has 1 aromatic heterocycles. The number of aromatic nitrogens is 2. The van der Waals surface area contributed by atoms with Crippen LogP contribution >= 0.6 is 12.2 Å². The van der Waals surface area contributed by atoms with Crippen LogP contribution in [0.4, 0.5) is 5.82 Å². The summed E-state index contributed by atoms with van der Waals surface area (Å²) in [5.41, 5.74) is 1.46. The summed E-state index contributed by atoms with van der Waals surface area (Å²) in [4.78, 5) is 7.94. The van der Waals surface area contributed by atoms with Gasteiger partial charge in [0, 0.05) is 18.9 Å². The van der Waals surface area contributed by atoms with Crippen LogP contribution in [-0.4, -0.2) is 21.6 Å². The third-order valence-corrected chi connectivity index (χ3v) is 2.82. The van der Waals surface area contributed by atoms with Gasteiger partial charge in [-0.1, -0.05) is 30.3 Å². The number of benzene rings is 1. The Morgan fingerprint density at radius 3 is 2.70 bits per heavy atom. The number of nitrogens with zero attached hydrogens (tertiary/aromatic N) is 3. The molecule has 0 radical (unpaired) electrons. The van der Waals surface area contributed by atoms with E-state index in [-0.39, 0.29) is 5.69 Å². The summed E-state index contributed by atoms with van der Waals surface area (Å²) in [5, 5.41) is 15.3. The summed E-state index contributed by atoms with van der Waals surface area (Å²) in [5.74, 6) is 0.368. The van der Waals surface area contributed by atoms with Crippen molar-refractivity contribution < 1.29 is 0 Å². The van der Waals surface area contributed by atoms with Crippen molar-refractivity contribution in [3.05, 3.63) is 54.0 Å². The van der Waals surface area contributed by atoms with E-state index in [1.54, 1.807) is 0 Å². The van der Waals surface area contributed by atoms with Crippen LogP contribution in [0.2, 0.25) is 0 Å². The highest BCUT2D eigenvalue weighted by atomic mass is 32.1. The van der Waals surface area contributed by atoms with Crippen LogP contribution in [0, 0.1) is 11.3 Å². The fourth-order valence-electron chi connectivity index (χ4n) is 1.63. The number of anilines is 1. The van der Waals surface area contributed by atoms with Crippen LogP contribution in [0.25, 0.3) is 0 Å². The zero-order chi connectivity index (χ0) is 14.2. The second-order valence-electron chi connectivity index (χ2n) is 3.98. The molecule has 2 N–H and O–H groups in total. The topological polar surface area (TPSA) is 73.6 Å². The summed E-state index contributed by atoms with van der Waals surface area (Å²) in [6.45, 7) is 0.706. The molecule has 1 aromatic carbocycles. The Morgan fingerprint density at radius 1 is 1.20 bits per heavy atom. The lowest BCUT2D eigenvalue weighted by atomic mass is 10.1. The SMILES string of the molecule is N#Cc1nccnc1NC(=S)NCCc1ccccc1. The molecule has 5 nitrogen and oxygen atoms in total. The minimum Gasteiger partial charge on any atom is -0.362 e. The van der Waals surface area contributed by atoms with Crippen molar-refractivity contribution in [1.82, 2.24) is 15.3 Å².